The van der Waals surface area contributed by atoms with Crippen molar-refractivity contribution in [3.63, 3.8) is 0 Å². The highest BCUT2D eigenvalue weighted by Crippen LogP contribution is 2.21. The van der Waals surface area contributed by atoms with E-state index in [4.69, 9.17) is 11.6 Å². The number of non-ortho nitro benzene ring substituents is 1. The van der Waals surface area contributed by atoms with Crippen molar-refractivity contribution in [2.45, 2.75) is 25.1 Å². The summed E-state index contributed by atoms with van der Waals surface area (Å²) in [6, 6.07) is 4.51. The van der Waals surface area contributed by atoms with Crippen molar-refractivity contribution in [2.24, 2.45) is 0 Å². The van der Waals surface area contributed by atoms with Gasteiger partial charge in [-0.25, -0.2) is 0 Å². The smallest absolute Gasteiger partial charge is 0.269 e. The molecule has 0 spiro atoms. The van der Waals surface area contributed by atoms with Gasteiger partial charge in [0, 0.05) is 29.0 Å². The van der Waals surface area contributed by atoms with E-state index >= 15 is 0 Å². The van der Waals surface area contributed by atoms with E-state index in [9.17, 15) is 10.1 Å². The Hall–Kier alpha value is -0.780. The van der Waals surface area contributed by atoms with Crippen LogP contribution in [0, 0.1) is 10.1 Å². The Labute approximate surface area is 116 Å². The van der Waals surface area contributed by atoms with E-state index in [0.29, 0.717) is 16.8 Å². The Kier molecular flexibility index (Phi) is 6.46. The van der Waals surface area contributed by atoms with Gasteiger partial charge in [-0.2, -0.15) is 11.8 Å². The fraction of sp³-hybridized carbons (Fsp3) is 0.500. The molecule has 0 heterocycles. The fourth-order valence-corrected chi connectivity index (χ4v) is 1.99. The van der Waals surface area contributed by atoms with Gasteiger partial charge in [-0.05, 0) is 30.9 Å². The van der Waals surface area contributed by atoms with Crippen LogP contribution in [0.4, 0.5) is 5.69 Å². The molecule has 1 unspecified atom stereocenters. The second-order valence-electron chi connectivity index (χ2n) is 4.04. The standard InChI is InChI=1S/C12H17ClN2O2S/c1-9(18-2)5-6-14-8-10-7-11(15(16)17)3-4-12(10)13/h3-4,7,9,14H,5-6,8H2,1-2H3. The van der Waals surface area contributed by atoms with Crippen LogP contribution < -0.4 is 5.32 Å². The number of thioether (sulfide) groups is 1. The Morgan fingerprint density at radius 3 is 2.89 bits per heavy atom. The van der Waals surface area contributed by atoms with Gasteiger partial charge in [0.2, 0.25) is 0 Å². The monoisotopic (exact) mass is 288 g/mol. The molecular formula is C12H17ClN2O2S. The first kappa shape index (κ1) is 15.3. The number of nitrogens with zero attached hydrogens (tertiary/aromatic N) is 1. The van der Waals surface area contributed by atoms with Crippen LogP contribution >= 0.6 is 23.4 Å². The van der Waals surface area contributed by atoms with Gasteiger partial charge < -0.3 is 5.32 Å². The minimum Gasteiger partial charge on any atom is -0.313 e. The highest BCUT2D eigenvalue weighted by atomic mass is 35.5. The first-order valence-corrected chi connectivity index (χ1v) is 7.37. The molecule has 0 bridgehead atoms. The van der Waals surface area contributed by atoms with Crippen LogP contribution in [0.5, 0.6) is 0 Å². The van der Waals surface area contributed by atoms with Crippen molar-refractivity contribution < 1.29 is 4.92 Å². The largest absolute Gasteiger partial charge is 0.313 e. The minimum absolute atomic E-state index is 0.0775. The van der Waals surface area contributed by atoms with Crippen LogP contribution in [0.25, 0.3) is 0 Å². The molecule has 0 saturated heterocycles. The van der Waals surface area contributed by atoms with Gasteiger partial charge in [-0.15, -0.1) is 0 Å². The lowest BCUT2D eigenvalue weighted by molar-refractivity contribution is -0.384. The number of benzene rings is 1. The van der Waals surface area contributed by atoms with Gasteiger partial charge in [-0.3, -0.25) is 10.1 Å². The summed E-state index contributed by atoms with van der Waals surface area (Å²) >= 11 is 7.83. The first-order valence-electron chi connectivity index (χ1n) is 5.71. The van der Waals surface area contributed by atoms with E-state index in [1.54, 1.807) is 6.07 Å². The van der Waals surface area contributed by atoms with Gasteiger partial charge in [0.15, 0.2) is 0 Å². The first-order chi connectivity index (χ1) is 8.54. The Balaban J connectivity index is 2.51. The average molecular weight is 289 g/mol. The lowest BCUT2D eigenvalue weighted by Crippen LogP contribution is -2.17. The second kappa shape index (κ2) is 7.61. The molecule has 0 fully saturated rings. The maximum Gasteiger partial charge on any atom is 0.269 e. The number of nitro groups is 1. The predicted molar refractivity (Wildman–Crippen MR) is 77.4 cm³/mol. The number of nitrogens with one attached hydrogen (secondary N) is 1. The van der Waals surface area contributed by atoms with E-state index in [2.05, 4.69) is 18.5 Å². The molecule has 1 aromatic rings. The molecule has 18 heavy (non-hydrogen) atoms. The number of nitro benzene ring substituents is 1. The molecule has 1 atom stereocenters. The normalized spacial score (nSPS) is 12.4. The molecule has 0 aliphatic rings. The van der Waals surface area contributed by atoms with Crippen LogP contribution in [0.2, 0.25) is 5.02 Å². The zero-order valence-corrected chi connectivity index (χ0v) is 12.1. The summed E-state index contributed by atoms with van der Waals surface area (Å²) in [5, 5.41) is 15.1. The molecule has 0 amide bonds. The number of rotatable bonds is 7. The Bertz CT molecular complexity index is 415. The van der Waals surface area contributed by atoms with Crippen LogP contribution in [0.1, 0.15) is 18.9 Å². The summed E-state index contributed by atoms with van der Waals surface area (Å²) in [5.74, 6) is 0. The van der Waals surface area contributed by atoms with Crippen LogP contribution in [0.3, 0.4) is 0 Å². The van der Waals surface area contributed by atoms with Crippen molar-refractivity contribution in [2.75, 3.05) is 12.8 Å². The van der Waals surface area contributed by atoms with Crippen molar-refractivity contribution in [3.8, 4) is 0 Å². The third-order valence-electron chi connectivity index (χ3n) is 2.69. The second-order valence-corrected chi connectivity index (χ2v) is 5.73. The SMILES string of the molecule is CSC(C)CCNCc1cc([N+](=O)[O-])ccc1Cl. The van der Waals surface area contributed by atoms with Gasteiger partial charge in [0.05, 0.1) is 4.92 Å². The van der Waals surface area contributed by atoms with E-state index in [1.165, 1.54) is 12.1 Å². The molecule has 1 rings (SSSR count). The lowest BCUT2D eigenvalue weighted by Gasteiger charge is -2.09. The van der Waals surface area contributed by atoms with Gasteiger partial charge in [-0.1, -0.05) is 18.5 Å². The highest BCUT2D eigenvalue weighted by Gasteiger charge is 2.09. The van der Waals surface area contributed by atoms with Crippen molar-refractivity contribution in [3.05, 3.63) is 38.9 Å². The third-order valence-corrected chi connectivity index (χ3v) is 4.09. The van der Waals surface area contributed by atoms with E-state index in [-0.39, 0.29) is 5.69 Å². The quantitative estimate of drug-likeness (QED) is 0.474. The molecule has 0 saturated carbocycles. The summed E-state index contributed by atoms with van der Waals surface area (Å²) in [6.07, 6.45) is 3.15. The molecule has 1 aromatic carbocycles. The average Bonchev–Trinajstić information content (AvgIpc) is 2.35. The van der Waals surface area contributed by atoms with E-state index in [0.717, 1.165) is 18.5 Å². The molecular weight excluding hydrogens is 272 g/mol. The highest BCUT2D eigenvalue weighted by molar-refractivity contribution is 7.99. The van der Waals surface area contributed by atoms with Gasteiger partial charge >= 0.3 is 0 Å². The molecule has 4 nitrogen and oxygen atoms in total. The number of hydrogen-bond acceptors (Lipinski definition) is 4. The van der Waals surface area contributed by atoms with Crippen molar-refractivity contribution in [1.82, 2.24) is 5.32 Å². The molecule has 6 heteroatoms. The summed E-state index contributed by atoms with van der Waals surface area (Å²) in [5.41, 5.74) is 0.844. The maximum atomic E-state index is 10.7. The number of hydrogen-bond donors (Lipinski definition) is 1. The number of halogens is 1. The van der Waals surface area contributed by atoms with Crippen LogP contribution in [-0.2, 0) is 6.54 Å². The summed E-state index contributed by atoms with van der Waals surface area (Å²) in [6.45, 7) is 3.61. The minimum atomic E-state index is -0.407. The maximum absolute atomic E-state index is 10.7. The summed E-state index contributed by atoms with van der Waals surface area (Å²) in [7, 11) is 0. The van der Waals surface area contributed by atoms with Gasteiger partial charge in [0.25, 0.3) is 5.69 Å². The Morgan fingerprint density at radius 2 is 2.28 bits per heavy atom. The zero-order chi connectivity index (χ0) is 13.5. The lowest BCUT2D eigenvalue weighted by atomic mass is 10.2. The van der Waals surface area contributed by atoms with Crippen LogP contribution in [0.15, 0.2) is 18.2 Å². The van der Waals surface area contributed by atoms with Crippen LogP contribution in [-0.4, -0.2) is 23.0 Å². The van der Waals surface area contributed by atoms with E-state index in [1.807, 2.05) is 11.8 Å². The Morgan fingerprint density at radius 1 is 1.56 bits per heavy atom. The van der Waals surface area contributed by atoms with Crippen molar-refractivity contribution in [1.29, 1.82) is 0 Å². The molecule has 0 aromatic heterocycles. The van der Waals surface area contributed by atoms with Gasteiger partial charge in [0.1, 0.15) is 0 Å². The van der Waals surface area contributed by atoms with E-state index < -0.39 is 4.92 Å². The predicted octanol–water partition coefficient (Wildman–Crippen LogP) is 3.48. The third kappa shape index (κ3) is 4.84. The molecule has 1 N–H and O–H groups in total. The van der Waals surface area contributed by atoms with Crippen molar-refractivity contribution >= 4 is 29.1 Å². The summed E-state index contributed by atoms with van der Waals surface area (Å²) in [4.78, 5) is 10.3. The topological polar surface area (TPSA) is 55.2 Å². The molecule has 0 aliphatic heterocycles. The molecule has 100 valence electrons. The summed E-state index contributed by atoms with van der Waals surface area (Å²) < 4.78 is 0. The zero-order valence-electron chi connectivity index (χ0n) is 10.5. The molecule has 0 radical (unpaired) electrons. The fourth-order valence-electron chi connectivity index (χ4n) is 1.46. The molecule has 0 aliphatic carbocycles.